The van der Waals surface area contributed by atoms with E-state index >= 15 is 0 Å². The van der Waals surface area contributed by atoms with Crippen LogP contribution in [0.2, 0.25) is 0 Å². The lowest BCUT2D eigenvalue weighted by atomic mass is 9.79. The van der Waals surface area contributed by atoms with Crippen molar-refractivity contribution < 1.29 is 4.79 Å². The summed E-state index contributed by atoms with van der Waals surface area (Å²) < 4.78 is 0. The summed E-state index contributed by atoms with van der Waals surface area (Å²) in [6.45, 7) is 11.2. The molecule has 1 aromatic heterocycles. The van der Waals surface area contributed by atoms with E-state index < -0.39 is 0 Å². The molecule has 3 heterocycles. The normalized spacial score (nSPS) is 27.8. The Morgan fingerprint density at radius 3 is 2.30 bits per heavy atom. The summed E-state index contributed by atoms with van der Waals surface area (Å²) in [5, 5.41) is 3.47. The number of hydrogen-bond acceptors (Lipinski definition) is 6. The Balaban J connectivity index is 1.14. The number of aryl methyl sites for hydroxylation is 3. The average Bonchev–Trinajstić information content (AvgIpc) is 3.41. The first-order valence-corrected chi connectivity index (χ1v) is 16.7. The number of nitrogens with one attached hydrogen (secondary N) is 1. The van der Waals surface area contributed by atoms with Crippen molar-refractivity contribution in [2.45, 2.75) is 71.4 Å². The Labute approximate surface area is 261 Å². The SMILES string of the molecule is CCc1cc(C)c(N2Cc3cnc(Nc4ccc(N5CCN(C)CC5)cc4)nc3N(C34CC5CC(CC3C5)C4)C2=O)c(C)c1. The van der Waals surface area contributed by atoms with Crippen molar-refractivity contribution >= 4 is 34.9 Å². The molecule has 2 unspecified atom stereocenters. The number of urea groups is 1. The van der Waals surface area contributed by atoms with Gasteiger partial charge in [0, 0.05) is 49.3 Å². The van der Waals surface area contributed by atoms with Gasteiger partial charge in [0.2, 0.25) is 5.95 Å². The number of anilines is 5. The molecule has 6 aliphatic rings. The summed E-state index contributed by atoms with van der Waals surface area (Å²) in [5.74, 6) is 3.37. The Morgan fingerprint density at radius 2 is 1.64 bits per heavy atom. The number of amides is 2. The van der Waals surface area contributed by atoms with Gasteiger partial charge in [-0.3, -0.25) is 9.80 Å². The van der Waals surface area contributed by atoms with Gasteiger partial charge in [-0.05, 0) is 118 Å². The van der Waals surface area contributed by atoms with E-state index in [0.29, 0.717) is 18.4 Å². The molecule has 2 atom stereocenters. The molecule has 5 fully saturated rings. The van der Waals surface area contributed by atoms with E-state index in [1.807, 2.05) is 11.1 Å². The summed E-state index contributed by atoms with van der Waals surface area (Å²) in [7, 11) is 2.18. The van der Waals surface area contributed by atoms with E-state index in [1.54, 1.807) is 0 Å². The molecule has 2 aliphatic heterocycles. The largest absolute Gasteiger partial charge is 0.369 e. The standard InChI is InChI=1S/C36H45N7O/c1-5-25-14-23(2)32(24(3)15-25)42-22-28-21-37-34(38-30-6-8-31(9-7-30)41-12-10-40(4)11-13-41)39-33(28)43(35(42)44)36-19-26-16-27(20-36)18-29(36)17-26/h6-9,14-15,21,26-27,29H,5,10-13,16-20,22H2,1-4H3,(H,37,38,39). The molecule has 4 saturated carbocycles. The van der Waals surface area contributed by atoms with Crippen LogP contribution in [0.3, 0.4) is 0 Å². The number of likely N-dealkylation sites (N-methyl/N-ethyl adjacent to an activating group) is 1. The first-order valence-electron chi connectivity index (χ1n) is 16.7. The summed E-state index contributed by atoms with van der Waals surface area (Å²) >= 11 is 0. The molecule has 0 spiro atoms. The van der Waals surface area contributed by atoms with Gasteiger partial charge in [0.25, 0.3) is 0 Å². The van der Waals surface area contributed by atoms with Gasteiger partial charge in [-0.2, -0.15) is 4.98 Å². The van der Waals surface area contributed by atoms with Gasteiger partial charge in [0.15, 0.2) is 0 Å². The molecular weight excluding hydrogens is 546 g/mol. The molecule has 8 heteroatoms. The zero-order valence-corrected chi connectivity index (χ0v) is 26.6. The van der Waals surface area contributed by atoms with Gasteiger partial charge in [-0.25, -0.2) is 9.78 Å². The molecular formula is C36H45N7O. The first kappa shape index (κ1) is 27.9. The van der Waals surface area contributed by atoms with E-state index in [9.17, 15) is 4.79 Å². The maximum Gasteiger partial charge on any atom is 0.331 e. The number of rotatable bonds is 6. The van der Waals surface area contributed by atoms with E-state index in [2.05, 4.69) is 84.2 Å². The Hall–Kier alpha value is -3.65. The number of aromatic nitrogens is 2. The molecule has 4 bridgehead atoms. The second-order valence-electron chi connectivity index (χ2n) is 14.3. The molecule has 1 N–H and O–H groups in total. The van der Waals surface area contributed by atoms with E-state index in [-0.39, 0.29) is 11.6 Å². The number of benzene rings is 2. The number of piperazine rings is 1. The van der Waals surface area contributed by atoms with Crippen LogP contribution in [0.15, 0.2) is 42.6 Å². The number of carbonyl (C=O) groups excluding carboxylic acids is 1. The highest BCUT2D eigenvalue weighted by molar-refractivity contribution is 6.07. The molecule has 230 valence electrons. The quantitative estimate of drug-likeness (QED) is 0.345. The lowest BCUT2D eigenvalue weighted by molar-refractivity contribution is 0.226. The van der Waals surface area contributed by atoms with Crippen LogP contribution in [0, 0.1) is 31.6 Å². The van der Waals surface area contributed by atoms with Crippen LogP contribution in [0.25, 0.3) is 0 Å². The van der Waals surface area contributed by atoms with Crippen LogP contribution in [-0.2, 0) is 13.0 Å². The van der Waals surface area contributed by atoms with Gasteiger partial charge in [0.05, 0.1) is 17.8 Å². The molecule has 2 amide bonds. The van der Waals surface area contributed by atoms with Crippen molar-refractivity contribution in [3.8, 4) is 0 Å². The third-order valence-electron chi connectivity index (χ3n) is 11.4. The Morgan fingerprint density at radius 1 is 0.955 bits per heavy atom. The topological polar surface area (TPSA) is 67.8 Å². The maximum atomic E-state index is 14.8. The van der Waals surface area contributed by atoms with Gasteiger partial charge < -0.3 is 15.1 Å². The summed E-state index contributed by atoms with van der Waals surface area (Å²) in [6, 6.07) is 13.2. The highest BCUT2D eigenvalue weighted by atomic mass is 16.2. The molecule has 1 saturated heterocycles. The van der Waals surface area contributed by atoms with Gasteiger partial charge in [-0.15, -0.1) is 0 Å². The minimum Gasteiger partial charge on any atom is -0.369 e. The third-order valence-corrected chi connectivity index (χ3v) is 11.4. The number of fused-ring (bicyclic) bond motifs is 1. The molecule has 4 aliphatic carbocycles. The van der Waals surface area contributed by atoms with Gasteiger partial charge >= 0.3 is 6.03 Å². The predicted octanol–water partition coefficient (Wildman–Crippen LogP) is 6.68. The van der Waals surface area contributed by atoms with Gasteiger partial charge in [-0.1, -0.05) is 19.1 Å². The summed E-state index contributed by atoms with van der Waals surface area (Å²) in [5.41, 5.74) is 7.76. The van der Waals surface area contributed by atoms with Crippen LogP contribution >= 0.6 is 0 Å². The number of hydrogen-bond donors (Lipinski definition) is 1. The molecule has 2 aromatic carbocycles. The zero-order chi connectivity index (χ0) is 30.2. The van der Waals surface area contributed by atoms with Crippen molar-refractivity contribution in [3.05, 3.63) is 64.8 Å². The molecule has 0 radical (unpaired) electrons. The minimum absolute atomic E-state index is 0.0855. The van der Waals surface area contributed by atoms with Crippen LogP contribution in [-0.4, -0.2) is 59.7 Å². The van der Waals surface area contributed by atoms with Crippen molar-refractivity contribution in [2.75, 3.05) is 53.2 Å². The third kappa shape index (κ3) is 4.47. The maximum absolute atomic E-state index is 14.8. The summed E-state index contributed by atoms with van der Waals surface area (Å²) in [4.78, 5) is 33.8. The Kier molecular flexibility index (Phi) is 6.63. The second kappa shape index (κ2) is 10.5. The van der Waals surface area contributed by atoms with Crippen molar-refractivity contribution in [2.24, 2.45) is 17.8 Å². The fourth-order valence-corrected chi connectivity index (χ4v) is 9.53. The van der Waals surface area contributed by atoms with E-state index in [4.69, 9.17) is 9.97 Å². The monoisotopic (exact) mass is 591 g/mol. The van der Waals surface area contributed by atoms with Crippen LogP contribution in [0.4, 0.5) is 33.6 Å². The van der Waals surface area contributed by atoms with Crippen molar-refractivity contribution in [1.29, 1.82) is 0 Å². The van der Waals surface area contributed by atoms with E-state index in [1.165, 1.54) is 30.5 Å². The van der Waals surface area contributed by atoms with Crippen LogP contribution < -0.4 is 20.0 Å². The molecule has 9 rings (SSSR count). The van der Waals surface area contributed by atoms with E-state index in [0.717, 1.165) is 91.2 Å². The predicted molar refractivity (Wildman–Crippen MR) is 177 cm³/mol. The van der Waals surface area contributed by atoms with Gasteiger partial charge in [0.1, 0.15) is 5.82 Å². The molecule has 8 nitrogen and oxygen atoms in total. The smallest absolute Gasteiger partial charge is 0.331 e. The Bertz CT molecular complexity index is 1560. The lowest BCUT2D eigenvalue weighted by Crippen LogP contribution is -2.60. The molecule has 44 heavy (non-hydrogen) atoms. The van der Waals surface area contributed by atoms with Crippen molar-refractivity contribution in [1.82, 2.24) is 14.9 Å². The zero-order valence-electron chi connectivity index (χ0n) is 26.6. The number of nitrogens with zero attached hydrogens (tertiary/aromatic N) is 6. The average molecular weight is 592 g/mol. The first-order chi connectivity index (χ1) is 21.3. The van der Waals surface area contributed by atoms with Crippen LogP contribution in [0.5, 0.6) is 0 Å². The molecule has 3 aromatic rings. The highest BCUT2D eigenvalue weighted by Gasteiger charge is 2.63. The van der Waals surface area contributed by atoms with Crippen LogP contribution in [0.1, 0.15) is 61.3 Å². The summed E-state index contributed by atoms with van der Waals surface area (Å²) in [6.07, 6.45) is 8.95. The lowest BCUT2D eigenvalue weighted by Gasteiger charge is -2.48. The minimum atomic E-state index is -0.140. The number of carbonyl (C=O) groups is 1. The fourth-order valence-electron chi connectivity index (χ4n) is 9.53. The van der Waals surface area contributed by atoms with Crippen molar-refractivity contribution in [3.63, 3.8) is 0 Å². The fraction of sp³-hybridized carbons (Fsp3) is 0.528. The second-order valence-corrected chi connectivity index (χ2v) is 14.3. The highest BCUT2D eigenvalue weighted by Crippen LogP contribution is 2.64.